The Bertz CT molecular complexity index is 579. The average Bonchev–Trinajstić information content (AvgIpc) is 2.30. The zero-order valence-electron chi connectivity index (χ0n) is 10.1. The SMILES string of the molecule is Nc1ccc(NCC2CCC2)c2ncc(Br)cc12. The van der Waals surface area contributed by atoms with E-state index in [9.17, 15) is 0 Å². The maximum absolute atomic E-state index is 6.00. The summed E-state index contributed by atoms with van der Waals surface area (Å²) < 4.78 is 0.956. The number of nitrogens with two attached hydrogens (primary N) is 1. The molecule has 3 rings (SSSR count). The lowest BCUT2D eigenvalue weighted by molar-refractivity contribution is 0.333. The first-order chi connectivity index (χ1) is 8.74. The molecule has 94 valence electrons. The Kier molecular flexibility index (Phi) is 3.12. The van der Waals surface area contributed by atoms with E-state index in [4.69, 9.17) is 5.73 Å². The molecule has 0 atom stereocenters. The molecule has 0 saturated heterocycles. The minimum Gasteiger partial charge on any atom is -0.398 e. The lowest BCUT2D eigenvalue weighted by atomic mass is 9.85. The van der Waals surface area contributed by atoms with Gasteiger partial charge in [0, 0.05) is 28.3 Å². The van der Waals surface area contributed by atoms with Gasteiger partial charge in [0.2, 0.25) is 0 Å². The van der Waals surface area contributed by atoms with Crippen LogP contribution in [0, 0.1) is 5.92 Å². The van der Waals surface area contributed by atoms with Crippen LogP contribution in [0.5, 0.6) is 0 Å². The monoisotopic (exact) mass is 305 g/mol. The van der Waals surface area contributed by atoms with Crippen molar-refractivity contribution < 1.29 is 0 Å². The van der Waals surface area contributed by atoms with Crippen molar-refractivity contribution in [3.05, 3.63) is 28.9 Å². The Morgan fingerprint density at radius 3 is 2.94 bits per heavy atom. The summed E-state index contributed by atoms with van der Waals surface area (Å²) in [5, 5.41) is 4.51. The molecule has 18 heavy (non-hydrogen) atoms. The molecule has 1 saturated carbocycles. The van der Waals surface area contributed by atoms with Crippen molar-refractivity contribution in [1.29, 1.82) is 0 Å². The van der Waals surface area contributed by atoms with Gasteiger partial charge in [0.25, 0.3) is 0 Å². The molecule has 1 aliphatic rings. The molecule has 4 heteroatoms. The number of nitrogens with zero attached hydrogens (tertiary/aromatic N) is 1. The minimum atomic E-state index is 0.771. The smallest absolute Gasteiger partial charge is 0.0954 e. The second-order valence-corrected chi connectivity index (χ2v) is 5.85. The first kappa shape index (κ1) is 11.8. The van der Waals surface area contributed by atoms with E-state index in [0.717, 1.165) is 39.2 Å². The first-order valence-electron chi connectivity index (χ1n) is 6.31. The van der Waals surface area contributed by atoms with Gasteiger partial charge in [-0.1, -0.05) is 6.42 Å². The van der Waals surface area contributed by atoms with Crippen LogP contribution in [-0.2, 0) is 0 Å². The highest BCUT2D eigenvalue weighted by molar-refractivity contribution is 9.10. The van der Waals surface area contributed by atoms with E-state index in [1.54, 1.807) is 0 Å². The maximum Gasteiger partial charge on any atom is 0.0954 e. The molecule has 1 heterocycles. The van der Waals surface area contributed by atoms with Crippen molar-refractivity contribution in [3.8, 4) is 0 Å². The molecular formula is C14H16BrN3. The van der Waals surface area contributed by atoms with Crippen LogP contribution in [0.1, 0.15) is 19.3 Å². The van der Waals surface area contributed by atoms with E-state index < -0.39 is 0 Å². The third-order valence-electron chi connectivity index (χ3n) is 3.66. The van der Waals surface area contributed by atoms with Crippen LogP contribution >= 0.6 is 15.9 Å². The van der Waals surface area contributed by atoms with Gasteiger partial charge in [0.15, 0.2) is 0 Å². The fourth-order valence-electron chi connectivity index (χ4n) is 2.31. The maximum atomic E-state index is 6.00. The van der Waals surface area contributed by atoms with Crippen LogP contribution in [0.2, 0.25) is 0 Å². The van der Waals surface area contributed by atoms with Gasteiger partial charge in [-0.25, -0.2) is 0 Å². The van der Waals surface area contributed by atoms with Crippen molar-refractivity contribution in [3.63, 3.8) is 0 Å². The molecular weight excluding hydrogens is 290 g/mol. The van der Waals surface area contributed by atoms with Gasteiger partial charge >= 0.3 is 0 Å². The van der Waals surface area contributed by atoms with E-state index in [0.29, 0.717) is 0 Å². The zero-order chi connectivity index (χ0) is 12.5. The van der Waals surface area contributed by atoms with Gasteiger partial charge in [-0.05, 0) is 52.9 Å². The predicted octanol–water partition coefficient (Wildman–Crippen LogP) is 3.79. The van der Waals surface area contributed by atoms with E-state index in [2.05, 4.69) is 26.2 Å². The number of nitrogens with one attached hydrogen (secondary N) is 1. The number of hydrogen-bond acceptors (Lipinski definition) is 3. The van der Waals surface area contributed by atoms with Gasteiger partial charge in [0.1, 0.15) is 0 Å². The number of fused-ring (bicyclic) bond motifs is 1. The Labute approximate surface area is 115 Å². The average molecular weight is 306 g/mol. The van der Waals surface area contributed by atoms with E-state index in [1.807, 2.05) is 24.4 Å². The number of hydrogen-bond donors (Lipinski definition) is 2. The highest BCUT2D eigenvalue weighted by atomic mass is 79.9. The molecule has 1 aromatic carbocycles. The van der Waals surface area contributed by atoms with E-state index in [-0.39, 0.29) is 0 Å². The molecule has 0 unspecified atom stereocenters. The normalized spacial score (nSPS) is 15.6. The molecule has 1 aliphatic carbocycles. The summed E-state index contributed by atoms with van der Waals surface area (Å²) in [6, 6.07) is 5.99. The first-order valence-corrected chi connectivity index (χ1v) is 7.11. The Balaban J connectivity index is 1.93. The van der Waals surface area contributed by atoms with Crippen LogP contribution in [-0.4, -0.2) is 11.5 Å². The second kappa shape index (κ2) is 4.76. The predicted molar refractivity (Wildman–Crippen MR) is 79.7 cm³/mol. The molecule has 2 aromatic rings. The fraction of sp³-hybridized carbons (Fsp3) is 0.357. The van der Waals surface area contributed by atoms with Crippen molar-refractivity contribution in [2.45, 2.75) is 19.3 Å². The van der Waals surface area contributed by atoms with Crippen LogP contribution in [0.25, 0.3) is 10.9 Å². The van der Waals surface area contributed by atoms with Crippen LogP contribution in [0.15, 0.2) is 28.9 Å². The summed E-state index contributed by atoms with van der Waals surface area (Å²) in [4.78, 5) is 4.47. The highest BCUT2D eigenvalue weighted by Gasteiger charge is 2.17. The summed E-state index contributed by atoms with van der Waals surface area (Å²) in [5.41, 5.74) is 8.81. The third kappa shape index (κ3) is 2.17. The van der Waals surface area contributed by atoms with Crippen molar-refractivity contribution in [2.75, 3.05) is 17.6 Å². The molecule has 1 aromatic heterocycles. The molecule has 3 nitrogen and oxygen atoms in total. The number of benzene rings is 1. The molecule has 0 amide bonds. The highest BCUT2D eigenvalue weighted by Crippen LogP contribution is 2.31. The molecule has 0 radical (unpaired) electrons. The number of anilines is 2. The molecule has 0 bridgehead atoms. The van der Waals surface area contributed by atoms with E-state index in [1.165, 1.54) is 19.3 Å². The number of pyridine rings is 1. The summed E-state index contributed by atoms with van der Waals surface area (Å²) in [5.74, 6) is 0.827. The lowest BCUT2D eigenvalue weighted by Crippen LogP contribution is -2.21. The van der Waals surface area contributed by atoms with Crippen molar-refractivity contribution in [2.24, 2.45) is 5.92 Å². The number of halogens is 1. The molecule has 3 N–H and O–H groups in total. The van der Waals surface area contributed by atoms with Gasteiger partial charge in [-0.2, -0.15) is 0 Å². The summed E-state index contributed by atoms with van der Waals surface area (Å²) in [6.07, 6.45) is 5.88. The zero-order valence-corrected chi connectivity index (χ0v) is 11.7. The summed E-state index contributed by atoms with van der Waals surface area (Å²) in [6.45, 7) is 1.04. The van der Waals surface area contributed by atoms with Crippen LogP contribution < -0.4 is 11.1 Å². The van der Waals surface area contributed by atoms with Gasteiger partial charge in [-0.3, -0.25) is 4.98 Å². The Morgan fingerprint density at radius 1 is 1.39 bits per heavy atom. The second-order valence-electron chi connectivity index (χ2n) is 4.93. The van der Waals surface area contributed by atoms with Gasteiger partial charge in [-0.15, -0.1) is 0 Å². The summed E-state index contributed by atoms with van der Waals surface area (Å²) in [7, 11) is 0. The molecule has 0 aliphatic heterocycles. The molecule has 0 spiro atoms. The van der Waals surface area contributed by atoms with Crippen molar-refractivity contribution >= 4 is 38.2 Å². The number of rotatable bonds is 3. The van der Waals surface area contributed by atoms with Crippen LogP contribution in [0.4, 0.5) is 11.4 Å². The van der Waals surface area contributed by atoms with Crippen LogP contribution in [0.3, 0.4) is 0 Å². The minimum absolute atomic E-state index is 0.771. The quantitative estimate of drug-likeness (QED) is 0.848. The number of nitrogen functional groups attached to an aromatic ring is 1. The van der Waals surface area contributed by atoms with Gasteiger partial charge < -0.3 is 11.1 Å². The molecule has 1 fully saturated rings. The Morgan fingerprint density at radius 2 is 2.22 bits per heavy atom. The third-order valence-corrected chi connectivity index (χ3v) is 4.09. The largest absolute Gasteiger partial charge is 0.398 e. The standard InChI is InChI=1S/C14H16BrN3/c15-10-6-11-12(16)4-5-13(14(11)18-8-10)17-7-9-2-1-3-9/h4-6,8-9,17H,1-3,7,16H2. The van der Waals surface area contributed by atoms with E-state index >= 15 is 0 Å². The lowest BCUT2D eigenvalue weighted by Gasteiger charge is -2.26. The fourth-order valence-corrected chi connectivity index (χ4v) is 2.64. The van der Waals surface area contributed by atoms with Gasteiger partial charge in [0.05, 0.1) is 11.2 Å². The summed E-state index contributed by atoms with van der Waals surface area (Å²) >= 11 is 3.44. The Hall–Kier alpha value is -1.29. The number of aromatic nitrogens is 1. The topological polar surface area (TPSA) is 50.9 Å². The van der Waals surface area contributed by atoms with Crippen molar-refractivity contribution in [1.82, 2.24) is 4.98 Å².